The van der Waals surface area contributed by atoms with Gasteiger partial charge in [0.2, 0.25) is 0 Å². The van der Waals surface area contributed by atoms with Crippen molar-refractivity contribution >= 4 is 0 Å². The minimum atomic E-state index is -0.750. The summed E-state index contributed by atoms with van der Waals surface area (Å²) in [6.07, 6.45) is 0. The Bertz CT molecular complexity index is 97.2. The zero-order chi connectivity index (χ0) is 11.1. The number of rotatable bonds is 3. The van der Waals surface area contributed by atoms with E-state index in [1.54, 1.807) is 20.8 Å². The fourth-order valence-electron chi connectivity index (χ4n) is 0.400. The first kappa shape index (κ1) is 20.9. The molecular weight excluding hydrogens is 203 g/mol. The second-order valence-corrected chi connectivity index (χ2v) is 4.72. The first-order valence-corrected chi connectivity index (χ1v) is 4.63. The van der Waals surface area contributed by atoms with Crippen LogP contribution in [0.1, 0.15) is 20.8 Å². The van der Waals surface area contributed by atoms with Crippen molar-refractivity contribution in [2.75, 3.05) is 41.3 Å². The maximum Gasteiger partial charge on any atom is 1.00 e. The van der Waals surface area contributed by atoms with Gasteiger partial charge in [-0.05, 0) is 28.2 Å². The molecule has 0 bridgehead atoms. The predicted molar refractivity (Wildman–Crippen MR) is 56.9 cm³/mol. The van der Waals surface area contributed by atoms with Crippen LogP contribution in [0.4, 0.5) is 0 Å². The van der Waals surface area contributed by atoms with Crippen LogP contribution in [0.3, 0.4) is 0 Å². The molecule has 4 heteroatoms. The van der Waals surface area contributed by atoms with Crippen molar-refractivity contribution in [1.29, 1.82) is 0 Å². The van der Waals surface area contributed by atoms with Crippen LogP contribution in [-0.2, 0) is 0 Å². The summed E-state index contributed by atoms with van der Waals surface area (Å²) in [4.78, 5) is 4.36. The van der Waals surface area contributed by atoms with Gasteiger partial charge in [-0.25, -0.2) is 0 Å². The molecule has 0 aliphatic heterocycles. The van der Waals surface area contributed by atoms with E-state index in [0.717, 1.165) is 13.1 Å². The molecule has 0 heterocycles. The molecule has 0 aliphatic carbocycles. The molecule has 0 aromatic carbocycles. The van der Waals surface area contributed by atoms with Gasteiger partial charge in [0.05, 0.1) is 0 Å². The quantitative estimate of drug-likeness (QED) is 0.491. The van der Waals surface area contributed by atoms with Crippen molar-refractivity contribution in [1.82, 2.24) is 9.80 Å². The third kappa shape index (κ3) is 49.9. The Labute approximate surface area is 132 Å². The van der Waals surface area contributed by atoms with Crippen molar-refractivity contribution in [3.05, 3.63) is 0 Å². The summed E-state index contributed by atoms with van der Waals surface area (Å²) >= 11 is 0. The molecule has 0 aromatic heterocycles. The van der Waals surface area contributed by atoms with Crippen molar-refractivity contribution in [2.45, 2.75) is 26.4 Å². The summed E-state index contributed by atoms with van der Waals surface area (Å²) in [7, 11) is 8.35. The van der Waals surface area contributed by atoms with Crippen molar-refractivity contribution in [2.24, 2.45) is 0 Å². The molecule has 3 nitrogen and oxygen atoms in total. The standard InChI is InChI=1S/C6H16N2.C4H9O.K/c1-7(2)5-6-8(3)4;1-4(2,3)5;/h5-6H2,1-4H3;1-3H3;/q;-1;+1. The summed E-state index contributed by atoms with van der Waals surface area (Å²) in [6, 6.07) is 0. The molecule has 0 N–H and O–H groups in total. The molecule has 0 aromatic rings. The average molecular weight is 228 g/mol. The van der Waals surface area contributed by atoms with E-state index in [-0.39, 0.29) is 51.4 Å². The molecule has 14 heavy (non-hydrogen) atoms. The molecule has 0 fully saturated rings. The molecule has 0 amide bonds. The van der Waals surface area contributed by atoms with E-state index < -0.39 is 5.60 Å². The van der Waals surface area contributed by atoms with Gasteiger partial charge < -0.3 is 14.9 Å². The summed E-state index contributed by atoms with van der Waals surface area (Å²) < 4.78 is 0. The molecule has 0 radical (unpaired) electrons. The van der Waals surface area contributed by atoms with Crippen LogP contribution < -0.4 is 56.5 Å². The Morgan fingerprint density at radius 3 is 1.07 bits per heavy atom. The van der Waals surface area contributed by atoms with Crippen molar-refractivity contribution in [3.8, 4) is 0 Å². The Hall–Kier alpha value is 1.52. The van der Waals surface area contributed by atoms with E-state index in [1.807, 2.05) is 0 Å². The van der Waals surface area contributed by atoms with Gasteiger partial charge in [0.15, 0.2) is 0 Å². The van der Waals surface area contributed by atoms with E-state index in [2.05, 4.69) is 38.0 Å². The smallest absolute Gasteiger partial charge is 0.850 e. The molecule has 0 rings (SSSR count). The second-order valence-electron chi connectivity index (χ2n) is 4.72. The third-order valence-corrected chi connectivity index (χ3v) is 0.994. The molecular formula is C10H25KN2O. The first-order valence-electron chi connectivity index (χ1n) is 4.63. The van der Waals surface area contributed by atoms with E-state index in [4.69, 9.17) is 0 Å². The van der Waals surface area contributed by atoms with E-state index >= 15 is 0 Å². The van der Waals surface area contributed by atoms with Gasteiger partial charge >= 0.3 is 51.4 Å². The zero-order valence-electron chi connectivity index (χ0n) is 11.2. The topological polar surface area (TPSA) is 29.5 Å². The van der Waals surface area contributed by atoms with Crippen molar-refractivity contribution in [3.63, 3.8) is 0 Å². The Kier molecular flexibility index (Phi) is 16.4. The van der Waals surface area contributed by atoms with Gasteiger partial charge in [-0.15, -0.1) is 5.60 Å². The van der Waals surface area contributed by atoms with Crippen LogP contribution in [0.2, 0.25) is 0 Å². The van der Waals surface area contributed by atoms with Gasteiger partial charge in [-0.3, -0.25) is 0 Å². The second kappa shape index (κ2) is 11.0. The number of hydrogen-bond acceptors (Lipinski definition) is 3. The van der Waals surface area contributed by atoms with Crippen LogP contribution in [0.25, 0.3) is 0 Å². The first-order chi connectivity index (χ1) is 5.63. The average Bonchev–Trinajstić information content (AvgIpc) is 1.79. The summed E-state index contributed by atoms with van der Waals surface area (Å²) in [5.41, 5.74) is -0.750. The van der Waals surface area contributed by atoms with Gasteiger partial charge in [0, 0.05) is 13.1 Å². The van der Waals surface area contributed by atoms with Crippen LogP contribution in [0, 0.1) is 0 Å². The largest absolute Gasteiger partial charge is 1.00 e. The summed E-state index contributed by atoms with van der Waals surface area (Å²) in [6.45, 7) is 7.19. The Morgan fingerprint density at radius 2 is 1.00 bits per heavy atom. The normalized spacial score (nSPS) is 10.7. The molecule has 0 saturated carbocycles. The van der Waals surface area contributed by atoms with Crippen LogP contribution in [0.5, 0.6) is 0 Å². The van der Waals surface area contributed by atoms with E-state index in [0.29, 0.717) is 0 Å². The molecule has 0 aliphatic rings. The molecule has 0 spiro atoms. The van der Waals surface area contributed by atoms with Gasteiger partial charge in [0.25, 0.3) is 0 Å². The molecule has 0 unspecified atom stereocenters. The monoisotopic (exact) mass is 228 g/mol. The minimum Gasteiger partial charge on any atom is -0.850 e. The Balaban J connectivity index is -0.000000177. The zero-order valence-corrected chi connectivity index (χ0v) is 14.3. The maximum absolute atomic E-state index is 10.1. The van der Waals surface area contributed by atoms with Gasteiger partial charge in [-0.2, -0.15) is 0 Å². The number of nitrogens with zero attached hydrogens (tertiary/aromatic N) is 2. The molecule has 82 valence electrons. The maximum atomic E-state index is 10.1. The molecule has 0 atom stereocenters. The fourth-order valence-corrected chi connectivity index (χ4v) is 0.400. The summed E-state index contributed by atoms with van der Waals surface area (Å²) in [5, 5.41) is 10.1. The van der Waals surface area contributed by atoms with E-state index in [9.17, 15) is 5.11 Å². The fraction of sp³-hybridized carbons (Fsp3) is 1.00. The Morgan fingerprint density at radius 1 is 0.857 bits per heavy atom. The molecule has 0 saturated heterocycles. The number of likely N-dealkylation sites (N-methyl/N-ethyl adjacent to an activating group) is 2. The third-order valence-electron chi connectivity index (χ3n) is 0.994. The van der Waals surface area contributed by atoms with Crippen LogP contribution in [-0.4, -0.2) is 56.7 Å². The number of hydrogen-bond donors (Lipinski definition) is 0. The summed E-state index contributed by atoms with van der Waals surface area (Å²) in [5.74, 6) is 0. The van der Waals surface area contributed by atoms with Crippen LogP contribution >= 0.6 is 0 Å². The minimum absolute atomic E-state index is 0. The van der Waals surface area contributed by atoms with Crippen LogP contribution in [0.15, 0.2) is 0 Å². The van der Waals surface area contributed by atoms with Gasteiger partial charge in [-0.1, -0.05) is 20.8 Å². The van der Waals surface area contributed by atoms with Crippen molar-refractivity contribution < 1.29 is 56.5 Å². The predicted octanol–water partition coefficient (Wildman–Crippen LogP) is -2.74. The SMILES string of the molecule is CC(C)(C)[O-].CN(C)CCN(C)C.[K+]. The van der Waals surface area contributed by atoms with E-state index in [1.165, 1.54) is 0 Å². The van der Waals surface area contributed by atoms with Gasteiger partial charge in [0.1, 0.15) is 0 Å².